The number of carbonyl (C=O) groups is 1. The first-order chi connectivity index (χ1) is 8.79. The van der Waals surface area contributed by atoms with E-state index in [1.54, 1.807) is 12.3 Å². The Labute approximate surface area is 106 Å². The number of ketones is 1. The SMILES string of the molecule is CCCOc1cncc(C(=O)CC2OCCO2)c1. The van der Waals surface area contributed by atoms with Crippen LogP contribution in [-0.2, 0) is 9.47 Å². The molecule has 1 aliphatic heterocycles. The minimum absolute atomic E-state index is 0.0450. The Hall–Kier alpha value is -1.46. The fraction of sp³-hybridized carbons (Fsp3) is 0.538. The Morgan fingerprint density at radius 2 is 2.22 bits per heavy atom. The van der Waals surface area contributed by atoms with Gasteiger partial charge < -0.3 is 14.2 Å². The number of hydrogen-bond donors (Lipinski definition) is 0. The second-order valence-electron chi connectivity index (χ2n) is 4.06. The highest BCUT2D eigenvalue weighted by Gasteiger charge is 2.20. The summed E-state index contributed by atoms with van der Waals surface area (Å²) in [7, 11) is 0. The van der Waals surface area contributed by atoms with Crippen LogP contribution in [0.3, 0.4) is 0 Å². The first-order valence-corrected chi connectivity index (χ1v) is 6.14. The van der Waals surface area contributed by atoms with Gasteiger partial charge in [0.05, 0.1) is 32.4 Å². The maximum Gasteiger partial charge on any atom is 0.169 e. The minimum atomic E-state index is -0.419. The third-order valence-electron chi connectivity index (χ3n) is 2.55. The lowest BCUT2D eigenvalue weighted by Gasteiger charge is -2.09. The van der Waals surface area contributed by atoms with Crippen molar-refractivity contribution < 1.29 is 19.0 Å². The molecule has 18 heavy (non-hydrogen) atoms. The molecule has 0 bridgehead atoms. The fourth-order valence-electron chi connectivity index (χ4n) is 1.66. The summed E-state index contributed by atoms with van der Waals surface area (Å²) >= 11 is 0. The summed E-state index contributed by atoms with van der Waals surface area (Å²) in [6, 6.07) is 1.71. The molecule has 0 saturated carbocycles. The average molecular weight is 251 g/mol. The van der Waals surface area contributed by atoms with E-state index in [-0.39, 0.29) is 12.2 Å². The summed E-state index contributed by atoms with van der Waals surface area (Å²) in [6.07, 6.45) is 3.86. The molecular formula is C13H17NO4. The standard InChI is InChI=1S/C13H17NO4/c1-2-3-16-11-6-10(8-14-9-11)12(15)7-13-17-4-5-18-13/h6,8-9,13H,2-5,7H2,1H3. The average Bonchev–Trinajstić information content (AvgIpc) is 2.89. The van der Waals surface area contributed by atoms with Gasteiger partial charge in [-0.2, -0.15) is 0 Å². The van der Waals surface area contributed by atoms with Gasteiger partial charge >= 0.3 is 0 Å². The monoisotopic (exact) mass is 251 g/mol. The fourth-order valence-corrected chi connectivity index (χ4v) is 1.66. The lowest BCUT2D eigenvalue weighted by molar-refractivity contribution is -0.0407. The summed E-state index contributed by atoms with van der Waals surface area (Å²) in [6.45, 7) is 3.75. The van der Waals surface area contributed by atoms with E-state index in [0.29, 0.717) is 31.1 Å². The van der Waals surface area contributed by atoms with Gasteiger partial charge in [-0.1, -0.05) is 6.92 Å². The molecule has 0 amide bonds. The van der Waals surface area contributed by atoms with Crippen LogP contribution >= 0.6 is 0 Å². The van der Waals surface area contributed by atoms with Crippen molar-refractivity contribution in [1.82, 2.24) is 4.98 Å². The Balaban J connectivity index is 1.96. The molecule has 0 radical (unpaired) electrons. The van der Waals surface area contributed by atoms with E-state index < -0.39 is 6.29 Å². The summed E-state index contributed by atoms with van der Waals surface area (Å²) < 4.78 is 15.9. The van der Waals surface area contributed by atoms with Crippen molar-refractivity contribution in [2.45, 2.75) is 26.1 Å². The number of Topliss-reactive ketones (excluding diaryl/α,β-unsaturated/α-hetero) is 1. The second kappa shape index (κ2) is 6.47. The molecule has 1 saturated heterocycles. The molecular weight excluding hydrogens is 234 g/mol. The molecule has 5 nitrogen and oxygen atoms in total. The molecule has 1 aliphatic rings. The maximum atomic E-state index is 12.0. The van der Waals surface area contributed by atoms with Gasteiger partial charge in [0, 0.05) is 11.8 Å². The van der Waals surface area contributed by atoms with Crippen molar-refractivity contribution in [3.05, 3.63) is 24.0 Å². The predicted octanol–water partition coefficient (Wildman–Crippen LogP) is 1.82. The highest BCUT2D eigenvalue weighted by molar-refractivity contribution is 5.96. The van der Waals surface area contributed by atoms with Crippen molar-refractivity contribution in [2.75, 3.05) is 19.8 Å². The van der Waals surface area contributed by atoms with Crippen molar-refractivity contribution in [1.29, 1.82) is 0 Å². The van der Waals surface area contributed by atoms with Crippen LogP contribution in [0.15, 0.2) is 18.5 Å². The highest BCUT2D eigenvalue weighted by Crippen LogP contribution is 2.16. The van der Waals surface area contributed by atoms with Gasteiger partial charge in [-0.15, -0.1) is 0 Å². The number of aromatic nitrogens is 1. The Morgan fingerprint density at radius 1 is 1.44 bits per heavy atom. The van der Waals surface area contributed by atoms with Crippen molar-refractivity contribution in [3.8, 4) is 5.75 Å². The third-order valence-corrected chi connectivity index (χ3v) is 2.55. The van der Waals surface area contributed by atoms with Gasteiger partial charge in [-0.3, -0.25) is 9.78 Å². The minimum Gasteiger partial charge on any atom is -0.492 e. The summed E-state index contributed by atoms with van der Waals surface area (Å²) in [5, 5.41) is 0. The molecule has 1 aromatic heterocycles. The van der Waals surface area contributed by atoms with Gasteiger partial charge in [0.2, 0.25) is 0 Å². The highest BCUT2D eigenvalue weighted by atomic mass is 16.7. The summed E-state index contributed by atoms with van der Waals surface area (Å²) in [4.78, 5) is 16.0. The number of nitrogens with zero attached hydrogens (tertiary/aromatic N) is 1. The predicted molar refractivity (Wildman–Crippen MR) is 64.7 cm³/mol. The van der Waals surface area contributed by atoms with Crippen LogP contribution < -0.4 is 4.74 Å². The van der Waals surface area contributed by atoms with Gasteiger partial charge in [0.1, 0.15) is 5.75 Å². The van der Waals surface area contributed by atoms with Crippen molar-refractivity contribution in [3.63, 3.8) is 0 Å². The Kier molecular flexibility index (Phi) is 4.66. The first-order valence-electron chi connectivity index (χ1n) is 6.14. The molecule has 5 heteroatoms. The van der Waals surface area contributed by atoms with E-state index in [1.807, 2.05) is 6.92 Å². The van der Waals surface area contributed by atoms with Crippen LogP contribution in [0.5, 0.6) is 5.75 Å². The molecule has 0 spiro atoms. The Morgan fingerprint density at radius 3 is 2.94 bits per heavy atom. The topological polar surface area (TPSA) is 57.7 Å². The van der Waals surface area contributed by atoms with Crippen LogP contribution in [-0.4, -0.2) is 36.9 Å². The van der Waals surface area contributed by atoms with Gasteiger partial charge in [0.15, 0.2) is 12.1 Å². The second-order valence-corrected chi connectivity index (χ2v) is 4.06. The molecule has 2 rings (SSSR count). The normalized spacial score (nSPS) is 15.8. The lowest BCUT2D eigenvalue weighted by atomic mass is 10.1. The molecule has 0 aromatic carbocycles. The summed E-state index contributed by atoms with van der Waals surface area (Å²) in [5.41, 5.74) is 0.530. The molecule has 0 N–H and O–H groups in total. The third kappa shape index (κ3) is 3.51. The maximum absolute atomic E-state index is 12.0. The zero-order valence-corrected chi connectivity index (χ0v) is 10.4. The lowest BCUT2D eigenvalue weighted by Crippen LogP contribution is -2.14. The van der Waals surface area contributed by atoms with Gasteiger partial charge in [-0.25, -0.2) is 0 Å². The van der Waals surface area contributed by atoms with Crippen molar-refractivity contribution in [2.24, 2.45) is 0 Å². The molecule has 0 unspecified atom stereocenters. The Bertz CT molecular complexity index is 402. The van der Waals surface area contributed by atoms with E-state index in [2.05, 4.69) is 4.98 Å². The van der Waals surface area contributed by atoms with E-state index in [0.717, 1.165) is 6.42 Å². The van der Waals surface area contributed by atoms with E-state index in [1.165, 1.54) is 6.20 Å². The smallest absolute Gasteiger partial charge is 0.169 e. The van der Waals surface area contributed by atoms with Crippen LogP contribution in [0.25, 0.3) is 0 Å². The number of ether oxygens (including phenoxy) is 3. The van der Waals surface area contributed by atoms with Crippen LogP contribution in [0, 0.1) is 0 Å². The van der Waals surface area contributed by atoms with E-state index in [4.69, 9.17) is 14.2 Å². The zero-order chi connectivity index (χ0) is 12.8. The van der Waals surface area contributed by atoms with Gasteiger partial charge in [0.25, 0.3) is 0 Å². The molecule has 0 aliphatic carbocycles. The number of pyridine rings is 1. The quantitative estimate of drug-likeness (QED) is 0.722. The zero-order valence-electron chi connectivity index (χ0n) is 10.4. The molecule has 0 atom stereocenters. The number of hydrogen-bond acceptors (Lipinski definition) is 5. The molecule has 1 aromatic rings. The van der Waals surface area contributed by atoms with E-state index in [9.17, 15) is 4.79 Å². The first kappa shape index (κ1) is 13.0. The van der Waals surface area contributed by atoms with Crippen LogP contribution in [0.1, 0.15) is 30.1 Å². The molecule has 98 valence electrons. The largest absolute Gasteiger partial charge is 0.492 e. The van der Waals surface area contributed by atoms with Crippen LogP contribution in [0.4, 0.5) is 0 Å². The number of carbonyl (C=O) groups excluding carboxylic acids is 1. The van der Waals surface area contributed by atoms with Crippen molar-refractivity contribution >= 4 is 5.78 Å². The number of rotatable bonds is 6. The molecule has 1 fully saturated rings. The van der Waals surface area contributed by atoms with Gasteiger partial charge in [-0.05, 0) is 12.5 Å². The summed E-state index contributed by atoms with van der Waals surface area (Å²) in [5.74, 6) is 0.576. The molecule has 2 heterocycles. The van der Waals surface area contributed by atoms with Crippen LogP contribution in [0.2, 0.25) is 0 Å². The van der Waals surface area contributed by atoms with E-state index >= 15 is 0 Å².